The molecule has 0 aliphatic carbocycles. The third-order valence-electron chi connectivity index (χ3n) is 4.50. The number of pyridine rings is 1. The Bertz CT molecular complexity index is 1070. The van der Waals surface area contributed by atoms with Crippen LogP contribution in [0.4, 0.5) is 30.8 Å². The maximum Gasteiger partial charge on any atom is 0.323 e. The Morgan fingerprint density at radius 2 is 1.76 bits per heavy atom. The fraction of sp³-hybridized carbons (Fsp3) is 0.200. The lowest BCUT2D eigenvalue weighted by Gasteiger charge is -2.28. The highest BCUT2D eigenvalue weighted by atomic mass is 35.5. The molecule has 1 aliphatic heterocycles. The summed E-state index contributed by atoms with van der Waals surface area (Å²) in [7, 11) is 0. The molecule has 0 unspecified atom stereocenters. The number of amides is 2. The van der Waals surface area contributed by atoms with Crippen molar-refractivity contribution in [2.75, 3.05) is 41.8 Å². The van der Waals surface area contributed by atoms with E-state index in [0.717, 1.165) is 6.07 Å². The van der Waals surface area contributed by atoms with Crippen molar-refractivity contribution in [3.63, 3.8) is 0 Å². The first-order valence-corrected chi connectivity index (χ1v) is 9.33. The second kappa shape index (κ2) is 8.18. The standard InChI is InChI=1S/C20H17ClF2N4O2/c21-15-10-13(2-3-16(15)22)24-20(28)25-14-9-12-1-4-18(26-19(12)17(23)11-14)27-5-7-29-8-6-27/h1-4,9-11H,5-8H2,(H2,24,25,28). The van der Waals surface area contributed by atoms with Crippen molar-refractivity contribution in [2.24, 2.45) is 0 Å². The zero-order valence-electron chi connectivity index (χ0n) is 15.2. The van der Waals surface area contributed by atoms with Gasteiger partial charge >= 0.3 is 6.03 Å². The van der Waals surface area contributed by atoms with Crippen LogP contribution < -0.4 is 15.5 Å². The normalized spacial score (nSPS) is 14.1. The number of anilines is 3. The number of carbonyl (C=O) groups is 1. The average molecular weight is 419 g/mol. The van der Waals surface area contributed by atoms with Crippen LogP contribution in [0.2, 0.25) is 5.02 Å². The second-order valence-electron chi connectivity index (χ2n) is 6.51. The monoisotopic (exact) mass is 418 g/mol. The number of morpholine rings is 1. The molecule has 1 aromatic heterocycles. The van der Waals surface area contributed by atoms with Crippen LogP contribution in [0.15, 0.2) is 42.5 Å². The second-order valence-corrected chi connectivity index (χ2v) is 6.91. The first kappa shape index (κ1) is 19.4. The predicted molar refractivity (Wildman–Crippen MR) is 109 cm³/mol. The molecule has 6 nitrogen and oxygen atoms in total. The third-order valence-corrected chi connectivity index (χ3v) is 4.79. The highest BCUT2D eigenvalue weighted by molar-refractivity contribution is 6.31. The molecule has 0 atom stereocenters. The molecule has 2 heterocycles. The van der Waals surface area contributed by atoms with Crippen molar-refractivity contribution >= 4 is 45.7 Å². The van der Waals surface area contributed by atoms with Gasteiger partial charge in [-0.05, 0) is 42.5 Å². The van der Waals surface area contributed by atoms with Gasteiger partial charge in [-0.15, -0.1) is 0 Å². The summed E-state index contributed by atoms with van der Waals surface area (Å²) in [6.45, 7) is 2.62. The number of fused-ring (bicyclic) bond motifs is 1. The molecule has 1 saturated heterocycles. The fourth-order valence-corrected chi connectivity index (χ4v) is 3.27. The maximum absolute atomic E-state index is 14.6. The lowest BCUT2D eigenvalue weighted by atomic mass is 10.2. The van der Waals surface area contributed by atoms with Gasteiger partial charge in [-0.3, -0.25) is 0 Å². The Hall–Kier alpha value is -2.97. The van der Waals surface area contributed by atoms with Gasteiger partial charge in [0.05, 0.1) is 18.2 Å². The highest BCUT2D eigenvalue weighted by Gasteiger charge is 2.15. The quantitative estimate of drug-likeness (QED) is 0.650. The van der Waals surface area contributed by atoms with E-state index in [9.17, 15) is 13.6 Å². The van der Waals surface area contributed by atoms with Crippen molar-refractivity contribution in [3.05, 3.63) is 59.1 Å². The molecule has 2 aromatic carbocycles. The summed E-state index contributed by atoms with van der Waals surface area (Å²) < 4.78 is 33.2. The third kappa shape index (κ3) is 4.38. The number of rotatable bonds is 3. The Balaban J connectivity index is 1.51. The maximum atomic E-state index is 14.6. The zero-order chi connectivity index (χ0) is 20.4. The topological polar surface area (TPSA) is 66.5 Å². The SMILES string of the molecule is O=C(Nc1ccc(F)c(Cl)c1)Nc1cc(F)c2nc(N3CCOCC3)ccc2c1. The van der Waals surface area contributed by atoms with Gasteiger partial charge < -0.3 is 20.3 Å². The summed E-state index contributed by atoms with van der Waals surface area (Å²) in [5.74, 6) is -0.442. The van der Waals surface area contributed by atoms with Crippen LogP contribution in [0.1, 0.15) is 0 Å². The van der Waals surface area contributed by atoms with Crippen LogP contribution >= 0.6 is 11.6 Å². The van der Waals surface area contributed by atoms with Crippen LogP contribution in [0.25, 0.3) is 10.9 Å². The van der Waals surface area contributed by atoms with Crippen LogP contribution in [0.3, 0.4) is 0 Å². The summed E-state index contributed by atoms with van der Waals surface area (Å²) in [5.41, 5.74) is 0.805. The van der Waals surface area contributed by atoms with Gasteiger partial charge in [0.2, 0.25) is 0 Å². The van der Waals surface area contributed by atoms with Crippen LogP contribution in [-0.2, 0) is 4.74 Å². The van der Waals surface area contributed by atoms with E-state index in [-0.39, 0.29) is 16.2 Å². The van der Waals surface area contributed by atoms with Crippen molar-refractivity contribution in [3.8, 4) is 0 Å². The van der Waals surface area contributed by atoms with Gasteiger partial charge in [0, 0.05) is 29.9 Å². The average Bonchev–Trinajstić information content (AvgIpc) is 2.71. The van der Waals surface area contributed by atoms with Crippen molar-refractivity contribution in [1.82, 2.24) is 4.98 Å². The van der Waals surface area contributed by atoms with Crippen LogP contribution in [-0.4, -0.2) is 37.3 Å². The summed E-state index contributed by atoms with van der Waals surface area (Å²) in [4.78, 5) is 18.6. The minimum absolute atomic E-state index is 0.110. The zero-order valence-corrected chi connectivity index (χ0v) is 16.0. The van der Waals surface area contributed by atoms with E-state index in [0.29, 0.717) is 43.2 Å². The molecular formula is C20H17ClF2N4O2. The molecule has 1 aliphatic rings. The van der Waals surface area contributed by atoms with Crippen molar-refractivity contribution in [1.29, 1.82) is 0 Å². The number of ether oxygens (including phenoxy) is 1. The summed E-state index contributed by atoms with van der Waals surface area (Å²) in [6.07, 6.45) is 0. The molecule has 3 aromatic rings. The van der Waals surface area contributed by atoms with Crippen LogP contribution in [0, 0.1) is 11.6 Å². The smallest absolute Gasteiger partial charge is 0.323 e. The fourth-order valence-electron chi connectivity index (χ4n) is 3.09. The van der Waals surface area contributed by atoms with E-state index in [4.69, 9.17) is 16.3 Å². The van der Waals surface area contributed by atoms with Crippen LogP contribution in [0.5, 0.6) is 0 Å². The molecule has 29 heavy (non-hydrogen) atoms. The lowest BCUT2D eigenvalue weighted by molar-refractivity contribution is 0.122. The number of halogens is 3. The largest absolute Gasteiger partial charge is 0.378 e. The number of aromatic nitrogens is 1. The number of urea groups is 1. The van der Waals surface area contributed by atoms with E-state index in [2.05, 4.69) is 15.6 Å². The number of hydrogen-bond donors (Lipinski definition) is 2. The number of hydrogen-bond acceptors (Lipinski definition) is 4. The summed E-state index contributed by atoms with van der Waals surface area (Å²) in [5, 5.41) is 5.52. The lowest BCUT2D eigenvalue weighted by Crippen LogP contribution is -2.36. The van der Waals surface area contributed by atoms with Gasteiger partial charge in [-0.25, -0.2) is 18.6 Å². The van der Waals surface area contributed by atoms with Gasteiger partial charge in [0.25, 0.3) is 0 Å². The predicted octanol–water partition coefficient (Wildman–Crippen LogP) is 4.65. The molecule has 0 saturated carbocycles. The molecular weight excluding hydrogens is 402 g/mol. The van der Waals surface area contributed by atoms with Gasteiger partial charge in [-0.2, -0.15) is 0 Å². The molecule has 0 spiro atoms. The highest BCUT2D eigenvalue weighted by Crippen LogP contribution is 2.25. The van der Waals surface area contributed by atoms with E-state index in [1.54, 1.807) is 12.1 Å². The van der Waals surface area contributed by atoms with Crippen molar-refractivity contribution in [2.45, 2.75) is 0 Å². The van der Waals surface area contributed by atoms with E-state index in [1.807, 2.05) is 11.0 Å². The van der Waals surface area contributed by atoms with Gasteiger partial charge in [0.15, 0.2) is 5.82 Å². The van der Waals surface area contributed by atoms with Crippen molar-refractivity contribution < 1.29 is 18.3 Å². The van der Waals surface area contributed by atoms with E-state index >= 15 is 0 Å². The molecule has 150 valence electrons. The molecule has 0 radical (unpaired) electrons. The number of nitrogens with zero attached hydrogens (tertiary/aromatic N) is 2. The summed E-state index contributed by atoms with van der Waals surface area (Å²) in [6, 6.07) is 9.61. The van der Waals surface area contributed by atoms with Gasteiger partial charge in [0.1, 0.15) is 17.2 Å². The first-order valence-electron chi connectivity index (χ1n) is 8.96. The van der Waals surface area contributed by atoms with E-state index in [1.165, 1.54) is 18.2 Å². The Kier molecular flexibility index (Phi) is 5.46. The molecule has 2 amide bonds. The minimum atomic E-state index is -0.607. The Morgan fingerprint density at radius 3 is 2.52 bits per heavy atom. The van der Waals surface area contributed by atoms with Gasteiger partial charge in [-0.1, -0.05) is 11.6 Å². The molecule has 9 heteroatoms. The number of carbonyl (C=O) groups excluding carboxylic acids is 1. The summed E-state index contributed by atoms with van der Waals surface area (Å²) >= 11 is 5.70. The minimum Gasteiger partial charge on any atom is -0.378 e. The molecule has 0 bridgehead atoms. The van der Waals surface area contributed by atoms with E-state index < -0.39 is 17.7 Å². The Labute approximate surface area is 170 Å². The molecule has 1 fully saturated rings. The first-order chi connectivity index (χ1) is 14.0. The molecule has 2 N–H and O–H groups in total. The number of nitrogens with one attached hydrogen (secondary N) is 2. The number of benzene rings is 2. The molecule has 4 rings (SSSR count). The Morgan fingerprint density at radius 1 is 1.00 bits per heavy atom.